The second-order valence-electron chi connectivity index (χ2n) is 4.65. The van der Waals surface area contributed by atoms with Gasteiger partial charge in [0, 0.05) is 24.1 Å². The van der Waals surface area contributed by atoms with Crippen molar-refractivity contribution in [3.05, 3.63) is 28.2 Å². The number of hydrogen-bond acceptors (Lipinski definition) is 3. The Kier molecular flexibility index (Phi) is 3.52. The Morgan fingerprint density at radius 2 is 2.25 bits per heavy atom. The number of hydrogen-bond donors (Lipinski definition) is 2. The van der Waals surface area contributed by atoms with Crippen LogP contribution in [0.5, 0.6) is 5.75 Å². The first-order valence-electron chi connectivity index (χ1n) is 5.36. The minimum Gasteiger partial charge on any atom is -0.506 e. The molecule has 1 heterocycles. The van der Waals surface area contributed by atoms with E-state index < -0.39 is 0 Å². The van der Waals surface area contributed by atoms with Crippen molar-refractivity contribution in [3.63, 3.8) is 0 Å². The summed E-state index contributed by atoms with van der Waals surface area (Å²) in [7, 11) is 0. The second-order valence-corrected chi connectivity index (χ2v) is 5.51. The molecule has 88 valence electrons. The van der Waals surface area contributed by atoms with Crippen molar-refractivity contribution >= 4 is 15.9 Å². The summed E-state index contributed by atoms with van der Waals surface area (Å²) < 4.78 is 5.93. The summed E-state index contributed by atoms with van der Waals surface area (Å²) in [4.78, 5) is 0. The van der Waals surface area contributed by atoms with Crippen LogP contribution in [0.3, 0.4) is 0 Å². The predicted octanol–water partition coefficient (Wildman–Crippen LogP) is 2.28. The van der Waals surface area contributed by atoms with Crippen LogP contribution in [0, 0.1) is 5.41 Å². The van der Waals surface area contributed by atoms with E-state index in [1.54, 1.807) is 0 Å². The summed E-state index contributed by atoms with van der Waals surface area (Å²) in [5, 5.41) is 13.1. The Labute approximate surface area is 104 Å². The van der Waals surface area contributed by atoms with Gasteiger partial charge in [-0.2, -0.15) is 0 Å². The van der Waals surface area contributed by atoms with Crippen molar-refractivity contribution in [2.24, 2.45) is 5.41 Å². The fourth-order valence-corrected chi connectivity index (χ4v) is 2.16. The highest BCUT2D eigenvalue weighted by Gasteiger charge is 2.32. The molecule has 1 saturated heterocycles. The van der Waals surface area contributed by atoms with E-state index >= 15 is 0 Å². The predicted molar refractivity (Wildman–Crippen MR) is 66.4 cm³/mol. The van der Waals surface area contributed by atoms with Crippen molar-refractivity contribution < 1.29 is 9.84 Å². The molecule has 0 spiro atoms. The normalized spacial score (nSPS) is 18.1. The van der Waals surface area contributed by atoms with Gasteiger partial charge in [0.15, 0.2) is 0 Å². The lowest BCUT2D eigenvalue weighted by Crippen LogP contribution is -2.47. The quantitative estimate of drug-likeness (QED) is 0.892. The van der Waals surface area contributed by atoms with Crippen LogP contribution < -0.4 is 5.32 Å². The van der Waals surface area contributed by atoms with Gasteiger partial charge in [0.05, 0.1) is 17.7 Å². The summed E-state index contributed by atoms with van der Waals surface area (Å²) in [5.41, 5.74) is 1.18. The van der Waals surface area contributed by atoms with Crippen LogP contribution in [0.2, 0.25) is 0 Å². The summed E-state index contributed by atoms with van der Waals surface area (Å²) in [6.45, 7) is 5.44. The molecule has 3 nitrogen and oxygen atoms in total. The van der Waals surface area contributed by atoms with Crippen molar-refractivity contribution in [1.29, 1.82) is 0 Å². The van der Waals surface area contributed by atoms with E-state index in [2.05, 4.69) is 28.2 Å². The molecule has 1 aromatic carbocycles. The van der Waals surface area contributed by atoms with Gasteiger partial charge in [-0.1, -0.05) is 19.1 Å². The lowest BCUT2D eigenvalue weighted by atomic mass is 9.89. The van der Waals surface area contributed by atoms with E-state index in [0.717, 1.165) is 29.8 Å². The molecule has 0 bridgehead atoms. The molecule has 0 aliphatic carbocycles. The van der Waals surface area contributed by atoms with Gasteiger partial charge in [-0.25, -0.2) is 0 Å². The number of phenolic OH excluding ortho intramolecular Hbond substituents is 1. The van der Waals surface area contributed by atoms with Gasteiger partial charge in [0.2, 0.25) is 0 Å². The molecule has 1 fully saturated rings. The van der Waals surface area contributed by atoms with Crippen LogP contribution >= 0.6 is 15.9 Å². The van der Waals surface area contributed by atoms with Gasteiger partial charge in [-0.3, -0.25) is 0 Å². The number of halogens is 1. The highest BCUT2D eigenvalue weighted by atomic mass is 79.9. The third kappa shape index (κ3) is 2.56. The van der Waals surface area contributed by atoms with E-state index in [4.69, 9.17) is 4.74 Å². The van der Waals surface area contributed by atoms with Crippen LogP contribution in [0.4, 0.5) is 0 Å². The number of benzene rings is 1. The Morgan fingerprint density at radius 1 is 1.50 bits per heavy atom. The van der Waals surface area contributed by atoms with E-state index in [-0.39, 0.29) is 5.41 Å². The molecule has 2 N–H and O–H groups in total. The molecule has 0 amide bonds. The number of nitrogens with one attached hydrogen (secondary N) is 1. The maximum absolute atomic E-state index is 9.79. The molecule has 1 aliphatic rings. The number of para-hydroxylation sites is 1. The van der Waals surface area contributed by atoms with E-state index in [9.17, 15) is 5.11 Å². The molecule has 0 atom stereocenters. The van der Waals surface area contributed by atoms with Gasteiger partial charge in [-0.15, -0.1) is 0 Å². The van der Waals surface area contributed by atoms with Gasteiger partial charge in [0.1, 0.15) is 5.75 Å². The summed E-state index contributed by atoms with van der Waals surface area (Å²) in [5.74, 6) is 0.324. The Hall–Kier alpha value is -0.580. The van der Waals surface area contributed by atoms with Gasteiger partial charge < -0.3 is 15.2 Å². The van der Waals surface area contributed by atoms with Gasteiger partial charge in [0.25, 0.3) is 0 Å². The van der Waals surface area contributed by atoms with Crippen molar-refractivity contribution in [2.45, 2.75) is 13.5 Å². The monoisotopic (exact) mass is 285 g/mol. The van der Waals surface area contributed by atoms with Gasteiger partial charge >= 0.3 is 0 Å². The van der Waals surface area contributed by atoms with E-state index in [1.165, 1.54) is 0 Å². The molecule has 1 aromatic rings. The first-order valence-corrected chi connectivity index (χ1v) is 6.15. The number of rotatable bonds is 4. The van der Waals surface area contributed by atoms with Crippen LogP contribution in [0.1, 0.15) is 12.5 Å². The first kappa shape index (κ1) is 11.9. The molecular formula is C12H16BrNO2. The molecule has 0 saturated carbocycles. The Balaban J connectivity index is 1.87. The average molecular weight is 286 g/mol. The summed E-state index contributed by atoms with van der Waals surface area (Å²) in [6, 6.07) is 5.68. The Bertz CT molecular complexity index is 377. The summed E-state index contributed by atoms with van der Waals surface area (Å²) in [6.07, 6.45) is 0. The zero-order valence-corrected chi connectivity index (χ0v) is 10.9. The number of ether oxygens (including phenoxy) is 1. The lowest BCUT2D eigenvalue weighted by molar-refractivity contribution is -0.0991. The molecule has 16 heavy (non-hydrogen) atoms. The zero-order valence-electron chi connectivity index (χ0n) is 9.29. The highest BCUT2D eigenvalue weighted by molar-refractivity contribution is 9.10. The molecule has 0 radical (unpaired) electrons. The van der Waals surface area contributed by atoms with Crippen molar-refractivity contribution in [1.82, 2.24) is 5.32 Å². The first-order chi connectivity index (χ1) is 7.61. The van der Waals surface area contributed by atoms with Crippen LogP contribution in [0.25, 0.3) is 0 Å². The van der Waals surface area contributed by atoms with E-state index in [0.29, 0.717) is 12.3 Å². The topological polar surface area (TPSA) is 41.5 Å². The fourth-order valence-electron chi connectivity index (χ4n) is 1.75. The minimum absolute atomic E-state index is 0.266. The molecule has 1 aliphatic heterocycles. The zero-order chi connectivity index (χ0) is 11.6. The molecule has 2 rings (SSSR count). The fraction of sp³-hybridized carbons (Fsp3) is 0.500. The standard InChI is InChI=1S/C12H16BrNO2/c1-12(7-16-8-12)6-14-5-9-3-2-4-10(13)11(9)15/h2-4,14-15H,5-8H2,1H3. The van der Waals surface area contributed by atoms with Crippen LogP contribution in [0.15, 0.2) is 22.7 Å². The molecular weight excluding hydrogens is 270 g/mol. The highest BCUT2D eigenvalue weighted by Crippen LogP contribution is 2.28. The SMILES string of the molecule is CC1(CNCc2cccc(Br)c2O)COC1. The molecule has 0 aromatic heterocycles. The lowest BCUT2D eigenvalue weighted by Gasteiger charge is -2.38. The maximum atomic E-state index is 9.79. The average Bonchev–Trinajstić information content (AvgIpc) is 2.22. The smallest absolute Gasteiger partial charge is 0.134 e. The minimum atomic E-state index is 0.266. The number of phenols is 1. The number of aromatic hydroxyl groups is 1. The molecule has 4 heteroatoms. The van der Waals surface area contributed by atoms with Crippen molar-refractivity contribution in [3.8, 4) is 5.75 Å². The molecule has 0 unspecified atom stereocenters. The summed E-state index contributed by atoms with van der Waals surface area (Å²) >= 11 is 3.30. The second kappa shape index (κ2) is 4.73. The Morgan fingerprint density at radius 3 is 2.88 bits per heavy atom. The van der Waals surface area contributed by atoms with Crippen LogP contribution in [-0.2, 0) is 11.3 Å². The largest absolute Gasteiger partial charge is 0.506 e. The van der Waals surface area contributed by atoms with E-state index in [1.807, 2.05) is 18.2 Å². The van der Waals surface area contributed by atoms with Gasteiger partial charge in [-0.05, 0) is 22.0 Å². The maximum Gasteiger partial charge on any atom is 0.134 e. The third-order valence-corrected chi connectivity index (χ3v) is 3.48. The van der Waals surface area contributed by atoms with Crippen LogP contribution in [-0.4, -0.2) is 24.9 Å². The third-order valence-electron chi connectivity index (χ3n) is 2.84. The van der Waals surface area contributed by atoms with Crippen molar-refractivity contribution in [2.75, 3.05) is 19.8 Å².